The Bertz CT molecular complexity index is 927. The van der Waals surface area contributed by atoms with Gasteiger partial charge in [-0.3, -0.25) is 14.4 Å². The third kappa shape index (κ3) is 6.16. The fourth-order valence-corrected chi connectivity index (χ4v) is 3.64. The first-order valence-electron chi connectivity index (χ1n) is 10.1. The Morgan fingerprint density at radius 1 is 1.00 bits per heavy atom. The van der Waals surface area contributed by atoms with Crippen molar-refractivity contribution < 1.29 is 27.6 Å². The second kappa shape index (κ2) is 9.76. The Morgan fingerprint density at radius 2 is 1.68 bits per heavy atom. The third-order valence-electron chi connectivity index (χ3n) is 5.31. The molecule has 1 N–H and O–H groups in total. The predicted octanol–water partition coefficient (Wildman–Crippen LogP) is 4.55. The van der Waals surface area contributed by atoms with Crippen molar-refractivity contribution in [3.05, 3.63) is 65.7 Å². The van der Waals surface area contributed by atoms with Crippen LogP contribution in [0.2, 0.25) is 0 Å². The summed E-state index contributed by atoms with van der Waals surface area (Å²) in [6.07, 6.45) is -2.12. The van der Waals surface area contributed by atoms with Gasteiger partial charge >= 0.3 is 6.18 Å². The van der Waals surface area contributed by atoms with Crippen molar-refractivity contribution in [3.8, 4) is 0 Å². The smallest absolute Gasteiger partial charge is 0.336 e. The van der Waals surface area contributed by atoms with E-state index in [1.807, 2.05) is 0 Å². The summed E-state index contributed by atoms with van der Waals surface area (Å²) < 4.78 is 37.8. The van der Waals surface area contributed by atoms with E-state index in [0.29, 0.717) is 30.8 Å². The number of carbonyl (C=O) groups excluding carboxylic acids is 3. The van der Waals surface area contributed by atoms with Crippen LogP contribution in [-0.4, -0.2) is 35.6 Å². The van der Waals surface area contributed by atoms with Crippen molar-refractivity contribution >= 4 is 23.3 Å². The Morgan fingerprint density at radius 3 is 2.32 bits per heavy atom. The number of likely N-dealkylation sites (tertiary alicyclic amines) is 1. The van der Waals surface area contributed by atoms with Gasteiger partial charge in [0.25, 0.3) is 5.91 Å². The average molecular weight is 432 g/mol. The van der Waals surface area contributed by atoms with Crippen LogP contribution in [0.15, 0.2) is 54.6 Å². The molecule has 0 aliphatic carbocycles. The molecule has 0 unspecified atom stereocenters. The van der Waals surface area contributed by atoms with Crippen molar-refractivity contribution in [1.82, 2.24) is 4.90 Å². The lowest BCUT2D eigenvalue weighted by atomic mass is 9.92. The number of benzene rings is 2. The number of hydrogen-bond acceptors (Lipinski definition) is 3. The molecule has 1 aliphatic heterocycles. The molecule has 1 aliphatic rings. The van der Waals surface area contributed by atoms with Gasteiger partial charge in [-0.25, -0.2) is 0 Å². The summed E-state index contributed by atoms with van der Waals surface area (Å²) in [6.45, 7) is 0.913. The quantitative estimate of drug-likeness (QED) is 0.538. The number of halogens is 3. The van der Waals surface area contributed by atoms with E-state index in [-0.39, 0.29) is 18.2 Å². The largest absolute Gasteiger partial charge is 0.416 e. The van der Waals surface area contributed by atoms with Crippen LogP contribution in [0.25, 0.3) is 0 Å². The van der Waals surface area contributed by atoms with Crippen LogP contribution in [-0.2, 0) is 15.8 Å². The minimum absolute atomic E-state index is 0.0830. The molecule has 0 spiro atoms. The van der Waals surface area contributed by atoms with E-state index in [1.165, 1.54) is 17.0 Å². The van der Waals surface area contributed by atoms with Gasteiger partial charge in [0, 0.05) is 30.8 Å². The predicted molar refractivity (Wildman–Crippen MR) is 109 cm³/mol. The van der Waals surface area contributed by atoms with E-state index in [0.717, 1.165) is 25.0 Å². The molecule has 1 saturated heterocycles. The van der Waals surface area contributed by atoms with Gasteiger partial charge in [-0.05, 0) is 49.4 Å². The van der Waals surface area contributed by atoms with Crippen molar-refractivity contribution in [2.24, 2.45) is 5.92 Å². The number of rotatable bonds is 6. The number of hydrogen-bond donors (Lipinski definition) is 1. The number of nitrogens with one attached hydrogen (secondary N) is 1. The van der Waals surface area contributed by atoms with Gasteiger partial charge in [-0.15, -0.1) is 0 Å². The first-order valence-corrected chi connectivity index (χ1v) is 10.1. The van der Waals surface area contributed by atoms with E-state index < -0.39 is 23.4 Å². The molecule has 0 saturated carbocycles. The first kappa shape index (κ1) is 22.5. The highest BCUT2D eigenvalue weighted by molar-refractivity contribution is 6.42. The lowest BCUT2D eigenvalue weighted by Gasteiger charge is -2.32. The zero-order chi connectivity index (χ0) is 22.4. The number of anilines is 1. The summed E-state index contributed by atoms with van der Waals surface area (Å²) in [5.41, 5.74) is -0.125. The fraction of sp³-hybridized carbons (Fsp3) is 0.348. The molecule has 8 heteroatoms. The van der Waals surface area contributed by atoms with Crippen molar-refractivity contribution in [2.75, 3.05) is 18.4 Å². The van der Waals surface area contributed by atoms with E-state index in [2.05, 4.69) is 5.32 Å². The molecule has 5 nitrogen and oxygen atoms in total. The summed E-state index contributed by atoms with van der Waals surface area (Å²) >= 11 is 0. The van der Waals surface area contributed by atoms with Gasteiger partial charge in [0.2, 0.25) is 11.7 Å². The third-order valence-corrected chi connectivity index (χ3v) is 5.31. The molecule has 2 aromatic carbocycles. The number of nitrogens with zero attached hydrogens (tertiary/aromatic N) is 1. The number of Topliss-reactive ketones (excluding diaryl/α,β-unsaturated/α-hetero) is 1. The Labute approximate surface area is 178 Å². The molecule has 0 bridgehead atoms. The monoisotopic (exact) mass is 432 g/mol. The summed E-state index contributed by atoms with van der Waals surface area (Å²) in [7, 11) is 0. The summed E-state index contributed by atoms with van der Waals surface area (Å²) in [6, 6.07) is 12.7. The Kier molecular flexibility index (Phi) is 7.09. The Hall–Kier alpha value is -3.16. The number of ketones is 1. The molecule has 31 heavy (non-hydrogen) atoms. The molecule has 164 valence electrons. The second-order valence-electron chi connectivity index (χ2n) is 7.62. The molecule has 1 atom stereocenters. The van der Waals surface area contributed by atoms with Crippen LogP contribution in [0, 0.1) is 5.92 Å². The minimum atomic E-state index is -4.42. The minimum Gasteiger partial charge on any atom is -0.336 e. The maximum atomic E-state index is 12.6. The van der Waals surface area contributed by atoms with Crippen molar-refractivity contribution in [2.45, 2.75) is 31.9 Å². The van der Waals surface area contributed by atoms with Crippen LogP contribution in [0.4, 0.5) is 18.9 Å². The zero-order valence-electron chi connectivity index (χ0n) is 16.8. The first-order chi connectivity index (χ1) is 14.7. The molecule has 0 aromatic heterocycles. The number of amides is 2. The lowest BCUT2D eigenvalue weighted by Crippen LogP contribution is -2.43. The number of alkyl halides is 3. The van der Waals surface area contributed by atoms with E-state index in [4.69, 9.17) is 0 Å². The van der Waals surface area contributed by atoms with Crippen LogP contribution in [0.1, 0.15) is 41.6 Å². The maximum Gasteiger partial charge on any atom is 0.416 e. The molecule has 1 heterocycles. The van der Waals surface area contributed by atoms with Crippen LogP contribution < -0.4 is 5.32 Å². The van der Waals surface area contributed by atoms with Gasteiger partial charge in [0.05, 0.1) is 5.56 Å². The fourth-order valence-electron chi connectivity index (χ4n) is 3.64. The highest BCUT2D eigenvalue weighted by atomic mass is 19.4. The molecular weight excluding hydrogens is 409 g/mol. The normalized spacial score (nSPS) is 16.6. The molecule has 2 amide bonds. The van der Waals surface area contributed by atoms with Crippen LogP contribution in [0.5, 0.6) is 0 Å². The number of piperidine rings is 1. The van der Waals surface area contributed by atoms with Gasteiger partial charge in [-0.2, -0.15) is 13.2 Å². The standard InChI is InChI=1S/C23H23F3N2O3/c24-23(25,26)18-9-11-19(12-10-18)27-20(29)13-8-16-5-4-14-28(15-16)22(31)21(30)17-6-2-1-3-7-17/h1-3,6-7,9-12,16H,4-5,8,13-15H2,(H,27,29)/t16-/m1/s1. The lowest BCUT2D eigenvalue weighted by molar-refractivity contribution is -0.137. The molecular formula is C23H23F3N2O3. The number of carbonyl (C=O) groups is 3. The van der Waals surface area contributed by atoms with E-state index in [9.17, 15) is 27.6 Å². The highest BCUT2D eigenvalue weighted by Crippen LogP contribution is 2.30. The zero-order valence-corrected chi connectivity index (χ0v) is 16.8. The van der Waals surface area contributed by atoms with Crippen LogP contribution >= 0.6 is 0 Å². The Balaban J connectivity index is 1.48. The van der Waals surface area contributed by atoms with E-state index >= 15 is 0 Å². The molecule has 0 radical (unpaired) electrons. The second-order valence-corrected chi connectivity index (χ2v) is 7.62. The summed E-state index contributed by atoms with van der Waals surface area (Å²) in [4.78, 5) is 38.6. The molecule has 1 fully saturated rings. The van der Waals surface area contributed by atoms with Crippen LogP contribution in [0.3, 0.4) is 0 Å². The molecule has 3 rings (SSSR count). The SMILES string of the molecule is O=C(CC[C@H]1CCCN(C(=O)C(=O)c2ccccc2)C1)Nc1ccc(C(F)(F)F)cc1. The van der Waals surface area contributed by atoms with Gasteiger partial charge in [0.1, 0.15) is 0 Å². The van der Waals surface area contributed by atoms with Crippen molar-refractivity contribution in [1.29, 1.82) is 0 Å². The van der Waals surface area contributed by atoms with Gasteiger partial charge < -0.3 is 10.2 Å². The summed E-state index contributed by atoms with van der Waals surface area (Å²) in [5, 5.41) is 2.59. The van der Waals surface area contributed by atoms with E-state index in [1.54, 1.807) is 30.3 Å². The maximum absolute atomic E-state index is 12.6. The van der Waals surface area contributed by atoms with Crippen molar-refractivity contribution in [3.63, 3.8) is 0 Å². The van der Waals surface area contributed by atoms with Gasteiger partial charge in [-0.1, -0.05) is 30.3 Å². The van der Waals surface area contributed by atoms with Gasteiger partial charge in [0.15, 0.2) is 0 Å². The molecule has 2 aromatic rings. The topological polar surface area (TPSA) is 66.5 Å². The average Bonchev–Trinajstić information content (AvgIpc) is 2.77. The summed E-state index contributed by atoms with van der Waals surface area (Å²) in [5.74, 6) is -1.30. The highest BCUT2D eigenvalue weighted by Gasteiger charge is 2.30.